The van der Waals surface area contributed by atoms with E-state index in [1.54, 1.807) is 23.1 Å². The summed E-state index contributed by atoms with van der Waals surface area (Å²) >= 11 is 1.17. The van der Waals surface area contributed by atoms with Gasteiger partial charge in [0.2, 0.25) is 16.9 Å². The van der Waals surface area contributed by atoms with Crippen LogP contribution in [0.1, 0.15) is 24.8 Å². The van der Waals surface area contributed by atoms with Crippen molar-refractivity contribution in [2.24, 2.45) is 0 Å². The standard InChI is InChI=1S/C30H30N6O5S/c1-38-25-14-21(15-26(39-2)29(25)40-3)22-16-24(20-10-6-4-7-11-20)32-30(23(22)17-31)42-19-27(37)33-28-18-36(34-41-28)35-12-8-5-9-13-35/h4,6-7,10-11,14-16,18H,5,8-9,12-13,19H2,1-3H3/p+1. The average Bonchev–Trinajstić information content (AvgIpc) is 3.51. The molecule has 1 aliphatic heterocycles. The Morgan fingerprint density at radius 1 is 1.05 bits per heavy atom. The number of nitrogens with one attached hydrogen (secondary N) is 1. The fourth-order valence-electron chi connectivity index (χ4n) is 4.77. The number of hydrogen-bond acceptors (Lipinski definition) is 10. The van der Waals surface area contributed by atoms with Gasteiger partial charge in [0.15, 0.2) is 11.5 Å². The lowest BCUT2D eigenvalue weighted by Gasteiger charge is -2.17. The molecular weight excluding hydrogens is 556 g/mol. The van der Waals surface area contributed by atoms with Crippen LogP contribution in [0.25, 0.3) is 22.4 Å². The number of hydrogen-bond donors (Lipinski definition) is 1. The molecular formula is C30H31N6O5S+. The van der Waals surface area contributed by atoms with Crippen LogP contribution in [0, 0.1) is 11.3 Å². The van der Waals surface area contributed by atoms with E-state index in [0.717, 1.165) is 31.5 Å². The molecule has 5 rings (SSSR count). The largest absolute Gasteiger partial charge is 0.493 e. The highest BCUT2D eigenvalue weighted by Gasteiger charge is 2.24. The number of methoxy groups -OCH3 is 3. The first-order chi connectivity index (χ1) is 20.5. The van der Waals surface area contributed by atoms with E-state index >= 15 is 0 Å². The first-order valence-corrected chi connectivity index (χ1v) is 14.4. The van der Waals surface area contributed by atoms with Crippen molar-refractivity contribution in [3.63, 3.8) is 0 Å². The summed E-state index contributed by atoms with van der Waals surface area (Å²) in [6.07, 6.45) is 5.03. The van der Waals surface area contributed by atoms with Gasteiger partial charge in [-0.1, -0.05) is 42.1 Å². The van der Waals surface area contributed by atoms with Gasteiger partial charge in [-0.05, 0) is 43.0 Å². The number of anilines is 1. The summed E-state index contributed by atoms with van der Waals surface area (Å²) in [5, 5.41) is 19.5. The van der Waals surface area contributed by atoms with E-state index in [1.165, 1.54) is 39.5 Å². The molecule has 4 aromatic rings. The normalized spacial score (nSPS) is 12.9. The molecule has 1 fully saturated rings. The highest BCUT2D eigenvalue weighted by Crippen LogP contribution is 2.43. The second kappa shape index (κ2) is 13.3. The van der Waals surface area contributed by atoms with Crippen LogP contribution in [0.2, 0.25) is 0 Å². The van der Waals surface area contributed by atoms with Crippen LogP contribution in [0.4, 0.5) is 5.88 Å². The number of benzene rings is 2. The highest BCUT2D eigenvalue weighted by atomic mass is 32.2. The number of amides is 1. The molecule has 0 radical (unpaired) electrons. The van der Waals surface area contributed by atoms with Gasteiger partial charge < -0.3 is 14.2 Å². The van der Waals surface area contributed by atoms with Crippen molar-refractivity contribution in [2.45, 2.75) is 24.3 Å². The maximum atomic E-state index is 12.9. The van der Waals surface area contributed by atoms with E-state index in [2.05, 4.69) is 21.7 Å². The van der Waals surface area contributed by atoms with E-state index in [4.69, 9.17) is 23.7 Å². The second-order valence-electron chi connectivity index (χ2n) is 9.46. The van der Waals surface area contributed by atoms with Gasteiger partial charge in [0.1, 0.15) is 11.1 Å². The molecule has 1 aliphatic rings. The number of aromatic nitrogens is 3. The lowest BCUT2D eigenvalue weighted by Crippen LogP contribution is -2.60. The smallest absolute Gasteiger partial charge is 0.305 e. The number of pyridine rings is 1. The highest BCUT2D eigenvalue weighted by molar-refractivity contribution is 8.00. The molecule has 0 saturated carbocycles. The first kappa shape index (κ1) is 28.8. The number of rotatable bonds is 10. The number of carbonyl (C=O) groups is 1. The van der Waals surface area contributed by atoms with Crippen molar-refractivity contribution in [1.29, 1.82) is 5.26 Å². The maximum Gasteiger partial charge on any atom is 0.305 e. The van der Waals surface area contributed by atoms with Crippen LogP contribution in [0.5, 0.6) is 17.2 Å². The topological polar surface area (TPSA) is 127 Å². The summed E-state index contributed by atoms with van der Waals surface area (Å²) in [6, 6.07) is 17.4. The molecule has 2 aromatic carbocycles. The minimum atomic E-state index is -0.313. The number of piperidine rings is 1. The predicted octanol–water partition coefficient (Wildman–Crippen LogP) is 4.44. The zero-order valence-corrected chi connectivity index (χ0v) is 24.4. The van der Waals surface area contributed by atoms with Gasteiger partial charge in [-0.3, -0.25) is 14.6 Å². The fourth-order valence-corrected chi connectivity index (χ4v) is 5.57. The molecule has 0 unspecified atom stereocenters. The first-order valence-electron chi connectivity index (χ1n) is 13.4. The molecule has 0 atom stereocenters. The third kappa shape index (κ3) is 6.26. The molecule has 216 valence electrons. The van der Waals surface area contributed by atoms with Crippen LogP contribution >= 0.6 is 11.8 Å². The lowest BCUT2D eigenvalue weighted by molar-refractivity contribution is -0.759. The fraction of sp³-hybridized carbons (Fsp3) is 0.300. The number of carbonyl (C=O) groups excluding carboxylic acids is 1. The minimum absolute atomic E-state index is 0.000960. The molecule has 1 N–H and O–H groups in total. The quantitative estimate of drug-likeness (QED) is 0.210. The summed E-state index contributed by atoms with van der Waals surface area (Å²) in [4.78, 5) is 19.3. The Bertz CT molecular complexity index is 1570. The number of thioether (sulfide) groups is 1. The van der Waals surface area contributed by atoms with Crippen molar-refractivity contribution >= 4 is 23.6 Å². The van der Waals surface area contributed by atoms with Crippen LogP contribution in [0.15, 0.2) is 64.3 Å². The molecule has 0 aliphatic carbocycles. The maximum absolute atomic E-state index is 12.9. The Labute approximate surface area is 247 Å². The summed E-state index contributed by atoms with van der Waals surface area (Å²) in [7, 11) is 4.61. The van der Waals surface area contributed by atoms with Gasteiger partial charge in [-0.2, -0.15) is 10.3 Å². The van der Waals surface area contributed by atoms with E-state index in [0.29, 0.717) is 44.7 Å². The van der Waals surface area contributed by atoms with Gasteiger partial charge in [0, 0.05) is 11.1 Å². The SMILES string of the molecule is COc1cc(-c2cc(-c3ccccc3)nc(SCC(=O)Nc3c[n+](N4CCCCC4)no3)c2C#N)cc(OC)c1OC. The Balaban J connectivity index is 1.45. The predicted molar refractivity (Wildman–Crippen MR) is 157 cm³/mol. The third-order valence-corrected chi connectivity index (χ3v) is 7.80. The molecule has 3 heterocycles. The number of nitriles is 1. The third-order valence-electron chi connectivity index (χ3n) is 6.82. The van der Waals surface area contributed by atoms with Crippen LogP contribution in [-0.4, -0.2) is 56.3 Å². The monoisotopic (exact) mass is 587 g/mol. The van der Waals surface area contributed by atoms with Crippen LogP contribution in [0.3, 0.4) is 0 Å². The van der Waals surface area contributed by atoms with Gasteiger partial charge in [0.05, 0.1) is 56.2 Å². The van der Waals surface area contributed by atoms with E-state index in [-0.39, 0.29) is 17.5 Å². The second-order valence-corrected chi connectivity index (χ2v) is 10.4. The molecule has 1 saturated heterocycles. The van der Waals surface area contributed by atoms with E-state index in [1.807, 2.05) is 36.4 Å². The Morgan fingerprint density at radius 2 is 1.76 bits per heavy atom. The Hall–Kier alpha value is -4.76. The zero-order valence-electron chi connectivity index (χ0n) is 23.6. The van der Waals surface area contributed by atoms with Crippen molar-refractivity contribution < 1.29 is 28.3 Å². The molecule has 12 heteroatoms. The zero-order chi connectivity index (χ0) is 29.5. The summed E-state index contributed by atoms with van der Waals surface area (Å²) < 4.78 is 21.9. The molecule has 2 aromatic heterocycles. The molecule has 11 nitrogen and oxygen atoms in total. The van der Waals surface area contributed by atoms with Crippen molar-refractivity contribution in [1.82, 2.24) is 10.3 Å². The van der Waals surface area contributed by atoms with E-state index in [9.17, 15) is 10.1 Å². The van der Waals surface area contributed by atoms with Gasteiger partial charge in [-0.25, -0.2) is 4.98 Å². The van der Waals surface area contributed by atoms with Crippen LogP contribution in [-0.2, 0) is 4.79 Å². The van der Waals surface area contributed by atoms with Gasteiger partial charge >= 0.3 is 5.88 Å². The van der Waals surface area contributed by atoms with Gasteiger partial charge in [0.25, 0.3) is 6.20 Å². The lowest BCUT2D eigenvalue weighted by atomic mass is 9.98. The molecule has 42 heavy (non-hydrogen) atoms. The molecule has 0 bridgehead atoms. The number of ether oxygens (including phenoxy) is 3. The summed E-state index contributed by atoms with van der Waals surface area (Å²) in [5.41, 5.74) is 3.14. The number of nitrogens with zero attached hydrogens (tertiary/aromatic N) is 5. The Kier molecular flexibility index (Phi) is 9.08. The molecule has 1 amide bonds. The van der Waals surface area contributed by atoms with Crippen LogP contribution < -0.4 is 29.3 Å². The van der Waals surface area contributed by atoms with Crippen molar-refractivity contribution in [2.75, 3.05) is 50.5 Å². The Morgan fingerprint density at radius 3 is 2.40 bits per heavy atom. The van der Waals surface area contributed by atoms with E-state index < -0.39 is 0 Å². The van der Waals surface area contributed by atoms with Gasteiger partial charge in [-0.15, -0.1) is 0 Å². The van der Waals surface area contributed by atoms with Crippen molar-refractivity contribution in [3.05, 3.63) is 60.3 Å². The summed E-state index contributed by atoms with van der Waals surface area (Å²) in [5.74, 6) is 1.29. The average molecular weight is 588 g/mol. The minimum Gasteiger partial charge on any atom is -0.493 e. The summed E-state index contributed by atoms with van der Waals surface area (Å²) in [6.45, 7) is 1.77. The molecule has 0 spiro atoms. The van der Waals surface area contributed by atoms with Crippen molar-refractivity contribution in [3.8, 4) is 45.7 Å².